The van der Waals surface area contributed by atoms with Crippen molar-refractivity contribution in [2.24, 2.45) is 22.9 Å². The van der Waals surface area contributed by atoms with Gasteiger partial charge in [-0.2, -0.15) is 0 Å². The highest BCUT2D eigenvalue weighted by Crippen LogP contribution is 2.14. The summed E-state index contributed by atoms with van der Waals surface area (Å²) in [6, 6.07) is 8.01. The lowest BCUT2D eigenvalue weighted by molar-refractivity contribution is -0.138. The molecular weight excluding hydrogens is 1430 g/mol. The molecular formula is C66H96N24O19. The minimum absolute atomic E-state index is 0.0180. The van der Waals surface area contributed by atoms with E-state index in [9.17, 15) is 82.1 Å². The van der Waals surface area contributed by atoms with Crippen molar-refractivity contribution in [1.82, 2.24) is 95.7 Å². The molecule has 0 aliphatic rings. The molecule has 16 atom stereocenters. The maximum absolute atomic E-state index is 15.2. The van der Waals surface area contributed by atoms with Crippen LogP contribution in [0.4, 0.5) is 0 Å². The van der Waals surface area contributed by atoms with Gasteiger partial charge in [-0.15, -0.1) is 0 Å². The molecule has 43 nitrogen and oxygen atoms in total. The maximum Gasteiger partial charge on any atom is 0.259 e. The van der Waals surface area contributed by atoms with E-state index in [-0.39, 0.29) is 107 Å². The molecule has 9 amide bonds. The predicted molar refractivity (Wildman–Crippen MR) is 387 cm³/mol. The van der Waals surface area contributed by atoms with Crippen molar-refractivity contribution in [3.63, 3.8) is 0 Å². The number of hydrogen-bond donors (Lipinski definition) is 26. The van der Waals surface area contributed by atoms with Crippen LogP contribution in [-0.2, 0) is 101 Å². The Kier molecular flexibility index (Phi) is 41.0. The number of guanidine groups is 2. The number of phenols is 2. The van der Waals surface area contributed by atoms with Gasteiger partial charge in [0.2, 0.25) is 5.91 Å². The van der Waals surface area contributed by atoms with Crippen molar-refractivity contribution in [2.45, 2.75) is 163 Å². The molecule has 0 fully saturated rings. The van der Waals surface area contributed by atoms with Gasteiger partial charge in [-0.3, -0.25) is 102 Å². The minimum atomic E-state index is -2.33. The Morgan fingerprint density at radius 1 is 0.367 bits per heavy atom. The average molecular weight is 1530 g/mol. The zero-order valence-corrected chi connectivity index (χ0v) is 59.6. The van der Waals surface area contributed by atoms with Crippen molar-refractivity contribution in [3.05, 3.63) is 95.6 Å². The molecule has 0 heterocycles. The van der Waals surface area contributed by atoms with E-state index in [2.05, 4.69) is 95.7 Å². The third kappa shape index (κ3) is 34.9. The molecule has 0 bridgehead atoms. The van der Waals surface area contributed by atoms with Crippen LogP contribution in [0, 0.1) is 10.8 Å². The lowest BCUT2D eigenvalue weighted by atomic mass is 10.1. The Hall–Kier alpha value is -12.0. The van der Waals surface area contributed by atoms with Gasteiger partial charge in [0, 0.05) is 19.5 Å². The molecule has 0 saturated carbocycles. The van der Waals surface area contributed by atoms with Crippen LogP contribution in [0.25, 0.3) is 0 Å². The van der Waals surface area contributed by atoms with Crippen LogP contribution in [0.1, 0.15) is 62.6 Å². The lowest BCUT2D eigenvalue weighted by Crippen LogP contribution is -2.70. The van der Waals surface area contributed by atoms with Gasteiger partial charge in [-0.05, 0) is 107 Å². The number of amides is 9. The van der Waals surface area contributed by atoms with Gasteiger partial charge < -0.3 is 119 Å². The van der Waals surface area contributed by atoms with Crippen molar-refractivity contribution >= 4 is 115 Å². The molecule has 3 aromatic rings. The van der Waals surface area contributed by atoms with Crippen molar-refractivity contribution in [1.29, 1.82) is 10.8 Å². The molecule has 0 aromatic heterocycles. The zero-order valence-electron chi connectivity index (χ0n) is 59.6. The van der Waals surface area contributed by atoms with Gasteiger partial charge in [0.15, 0.2) is 55.1 Å². The molecule has 43 heteroatoms. The predicted octanol–water partition coefficient (Wildman–Crippen LogP) is -11.0. The van der Waals surface area contributed by atoms with E-state index in [4.69, 9.17) is 33.8 Å². The number of benzene rings is 3. The van der Waals surface area contributed by atoms with Gasteiger partial charge >= 0.3 is 0 Å². The number of phenolic OH excluding ortho intramolecular Hbond substituents is 2. The van der Waals surface area contributed by atoms with Gasteiger partial charge in [0.05, 0.1) is 48.3 Å². The first kappa shape index (κ1) is 91.2. The van der Waals surface area contributed by atoms with E-state index in [1.807, 2.05) is 0 Å². The monoisotopic (exact) mass is 1530 g/mol. The molecule has 0 aliphatic heterocycles. The normalized spacial score (nSPS) is 15.4. The van der Waals surface area contributed by atoms with E-state index in [1.165, 1.54) is 69.4 Å². The number of nitrogens with one attached hydrogen (secondary N) is 20. The summed E-state index contributed by atoms with van der Waals surface area (Å²) in [5.41, 5.74) is 23.1. The molecule has 0 spiro atoms. The molecule has 0 radical (unpaired) electrons. The summed E-state index contributed by atoms with van der Waals surface area (Å²) in [5.74, 6) is -13.3. The second kappa shape index (κ2) is 49.0. The molecule has 3 aromatic carbocycles. The number of aromatic hydroxyl groups is 2. The van der Waals surface area contributed by atoms with Crippen LogP contribution in [0.2, 0.25) is 0 Å². The fourth-order valence-electron chi connectivity index (χ4n) is 9.96. The summed E-state index contributed by atoms with van der Waals surface area (Å²) in [6.07, 6.45) is -15.6. The van der Waals surface area contributed by atoms with Crippen LogP contribution in [-0.4, -0.2) is 243 Å². The van der Waals surface area contributed by atoms with Crippen LogP contribution >= 0.6 is 0 Å². The molecule has 109 heavy (non-hydrogen) atoms. The standard InChI is InChI=1S/C66H96N24O19/c1-35(27-91)76-52(59(104)88-54(79-41(30-94)12-8-22-75-66(71)72)61(106)84-50(49(68)102)78-40(29-93)11-7-21-74-65(69)70)85-62(107)55(81-43(32-96)24-38-13-17-46(99)18-14-38)90-64(109)56(82-44(33-97)25-39-15-19-47(100)20-16-39)89-60(105)53(77-36(2)28-92)86-63(108)57(83-45(34-98)26-48(67)101)87-58(103)51(73-3)80-42(31-95)23-37-9-5-4-6-10-37/h4-6,9-10,13-20,27-36,40-45,50-57,73,76-83,99-100H,7-8,11-12,21-26H2,1-3H3,(H2,67,101)(H2,68,102)(H,84,106)(H,85,107)(H,86,108)(H,87,103)(H,88,104)(H,89,105)(H,90,109)(H4,69,70,74)(H4,71,72,75)/t35-,36-,40+,41+,42+,43+,44+,45+,50-,51-,52-,53+,54-,55-,56-,57-/m0/s1. The Morgan fingerprint density at radius 2 is 0.642 bits per heavy atom. The van der Waals surface area contributed by atoms with E-state index in [0.29, 0.717) is 35.5 Å². The van der Waals surface area contributed by atoms with E-state index in [0.717, 1.165) is 0 Å². The van der Waals surface area contributed by atoms with E-state index in [1.54, 1.807) is 30.3 Å². The zero-order chi connectivity index (χ0) is 81.1. The first-order chi connectivity index (χ1) is 51.9. The molecule has 0 aliphatic carbocycles. The number of carbonyl (C=O) groups is 17. The summed E-state index contributed by atoms with van der Waals surface area (Å²) < 4.78 is 0. The van der Waals surface area contributed by atoms with Crippen LogP contribution < -0.4 is 119 Å². The molecule has 594 valence electrons. The number of aldehydes is 8. The summed E-state index contributed by atoms with van der Waals surface area (Å²) in [5, 5.41) is 79.0. The molecule has 3 rings (SSSR count). The van der Waals surface area contributed by atoms with Gasteiger partial charge in [-0.1, -0.05) is 54.6 Å². The Labute approximate surface area is 624 Å². The van der Waals surface area contributed by atoms with E-state index >= 15 is 9.59 Å². The molecule has 0 unspecified atom stereocenters. The molecule has 0 saturated heterocycles. The third-order valence-electron chi connectivity index (χ3n) is 15.5. The Bertz CT molecular complexity index is 3570. The maximum atomic E-state index is 15.2. The van der Waals surface area contributed by atoms with Crippen LogP contribution in [0.3, 0.4) is 0 Å². The van der Waals surface area contributed by atoms with Crippen molar-refractivity contribution in [2.75, 3.05) is 20.1 Å². The largest absolute Gasteiger partial charge is 0.508 e. The number of nitrogens with two attached hydrogens (primary N) is 4. The number of hydrogen-bond acceptors (Lipinski definition) is 30. The van der Waals surface area contributed by atoms with Crippen LogP contribution in [0.5, 0.6) is 11.5 Å². The SMILES string of the molecule is CN[C@@H](N[C@@H](C=O)Cc1ccccc1)C(=O)N[C@H](N[C@@H](C=O)CC(N)=O)C(=O)N[C@@H](N[C@@H](C)C=O)C(=O)N[C@H](N[C@@H](C=O)Cc1ccc(O)cc1)C(=O)N[C@H](N[C@@H](C=O)Cc1ccc(O)cc1)C(=O)N[C@H](N[C@@H](C)C=O)C(=O)N[C@H](N[C@@H](C=O)CCCNC(=N)N)C(=O)N[C@H](N[C@@H](C=O)CCCNC(=N)N)C(N)=O. The first-order valence-electron chi connectivity index (χ1n) is 33.8. The third-order valence-corrected chi connectivity index (χ3v) is 15.5. The van der Waals surface area contributed by atoms with Crippen molar-refractivity contribution < 1.29 is 91.7 Å². The summed E-state index contributed by atoms with van der Waals surface area (Å²) in [4.78, 5) is 228. The fourth-order valence-corrected chi connectivity index (χ4v) is 9.96. The second-order valence-corrected chi connectivity index (χ2v) is 24.4. The number of rotatable bonds is 56. The topological polar surface area (TPSA) is 699 Å². The summed E-state index contributed by atoms with van der Waals surface area (Å²) in [6.45, 7) is 2.51. The number of carbonyl (C=O) groups excluding carboxylic acids is 17. The number of likely N-dealkylation sites (N-methyl/N-ethyl adjacent to an activating group) is 1. The van der Waals surface area contributed by atoms with Gasteiger partial charge in [0.1, 0.15) is 68.0 Å². The second-order valence-electron chi connectivity index (χ2n) is 24.4. The van der Waals surface area contributed by atoms with Gasteiger partial charge in [-0.25, -0.2) is 0 Å². The fraction of sp³-hybridized carbons (Fsp3) is 0.439. The molecule has 30 N–H and O–H groups in total. The highest BCUT2D eigenvalue weighted by atomic mass is 16.3. The minimum Gasteiger partial charge on any atom is -0.508 e. The highest BCUT2D eigenvalue weighted by Gasteiger charge is 2.38. The first-order valence-corrected chi connectivity index (χ1v) is 33.8. The van der Waals surface area contributed by atoms with Crippen LogP contribution in [0.15, 0.2) is 78.9 Å². The summed E-state index contributed by atoms with van der Waals surface area (Å²) in [7, 11) is 1.30. The van der Waals surface area contributed by atoms with Gasteiger partial charge in [0.25, 0.3) is 47.3 Å². The lowest BCUT2D eigenvalue weighted by Gasteiger charge is -2.31. The smallest absolute Gasteiger partial charge is 0.259 e. The highest BCUT2D eigenvalue weighted by molar-refractivity contribution is 5.98. The average Bonchev–Trinajstić information content (AvgIpc) is 0.845. The Balaban J connectivity index is 2.26. The quantitative estimate of drug-likeness (QED) is 0.00820. The van der Waals surface area contributed by atoms with Crippen molar-refractivity contribution in [3.8, 4) is 11.5 Å². The number of primary amides is 2. The Morgan fingerprint density at radius 3 is 0.936 bits per heavy atom. The van der Waals surface area contributed by atoms with E-state index < -0.39 is 163 Å². The summed E-state index contributed by atoms with van der Waals surface area (Å²) >= 11 is 0.